The summed E-state index contributed by atoms with van der Waals surface area (Å²) in [5, 5.41) is 2.21. The predicted octanol–water partition coefficient (Wildman–Crippen LogP) is 4.96. The molecule has 0 nitrogen and oxygen atoms in total. The van der Waals surface area contributed by atoms with Gasteiger partial charge in [0.15, 0.2) is 0 Å². The van der Waals surface area contributed by atoms with Crippen LogP contribution in [0.3, 0.4) is 0 Å². The third kappa shape index (κ3) is 4.28. The molecule has 0 N–H and O–H groups in total. The Bertz CT molecular complexity index is 237. The average Bonchev–Trinajstić information content (AvgIpc) is 2.58. The summed E-state index contributed by atoms with van der Waals surface area (Å²) < 4.78 is 0. The molecule has 0 saturated carbocycles. The van der Waals surface area contributed by atoms with Crippen molar-refractivity contribution < 1.29 is 0 Å². The van der Waals surface area contributed by atoms with E-state index in [9.17, 15) is 0 Å². The summed E-state index contributed by atoms with van der Waals surface area (Å²) in [5.41, 5.74) is 1.49. The second-order valence-corrected chi connectivity index (χ2v) is 5.05. The summed E-state index contributed by atoms with van der Waals surface area (Å²) in [6.45, 7) is 4.50. The van der Waals surface area contributed by atoms with E-state index in [0.29, 0.717) is 0 Å². The fraction of sp³-hybridized carbons (Fsp3) is 0.692. The van der Waals surface area contributed by atoms with Crippen LogP contribution in [-0.4, -0.2) is 0 Å². The minimum Gasteiger partial charge on any atom is -0.149 e. The minimum absolute atomic E-state index is 1.30. The Morgan fingerprint density at radius 3 is 2.43 bits per heavy atom. The number of rotatable bonds is 7. The van der Waals surface area contributed by atoms with Crippen LogP contribution in [0.2, 0.25) is 0 Å². The van der Waals surface area contributed by atoms with Crippen molar-refractivity contribution in [2.45, 2.75) is 58.8 Å². The molecule has 0 saturated heterocycles. The van der Waals surface area contributed by atoms with Gasteiger partial charge in [0.05, 0.1) is 0 Å². The van der Waals surface area contributed by atoms with Gasteiger partial charge in [0.25, 0.3) is 0 Å². The third-order valence-corrected chi connectivity index (χ3v) is 3.81. The van der Waals surface area contributed by atoms with Crippen molar-refractivity contribution >= 4 is 11.3 Å². The van der Waals surface area contributed by atoms with Crippen molar-refractivity contribution in [1.82, 2.24) is 0 Å². The van der Waals surface area contributed by atoms with E-state index in [1.807, 2.05) is 11.3 Å². The van der Waals surface area contributed by atoms with Crippen molar-refractivity contribution in [2.24, 2.45) is 0 Å². The fourth-order valence-corrected chi connectivity index (χ4v) is 2.68. The minimum atomic E-state index is 1.30. The van der Waals surface area contributed by atoms with Gasteiger partial charge in [-0.1, -0.05) is 39.0 Å². The van der Waals surface area contributed by atoms with Crippen LogP contribution in [0.4, 0.5) is 0 Å². The first-order valence-electron chi connectivity index (χ1n) is 5.87. The lowest BCUT2D eigenvalue weighted by atomic mass is 10.1. The van der Waals surface area contributed by atoms with Crippen LogP contribution in [0, 0.1) is 6.92 Å². The van der Waals surface area contributed by atoms with Gasteiger partial charge in [-0.05, 0) is 36.8 Å². The van der Waals surface area contributed by atoms with Gasteiger partial charge in [-0.15, -0.1) is 11.3 Å². The molecule has 1 aromatic heterocycles. The molecule has 0 aliphatic rings. The Morgan fingerprint density at radius 2 is 1.79 bits per heavy atom. The first-order chi connectivity index (χ1) is 6.84. The summed E-state index contributed by atoms with van der Waals surface area (Å²) in [5.74, 6) is 0. The topological polar surface area (TPSA) is 0 Å². The van der Waals surface area contributed by atoms with Crippen LogP contribution in [0.1, 0.15) is 55.9 Å². The lowest BCUT2D eigenvalue weighted by molar-refractivity contribution is 0.609. The predicted molar refractivity (Wildman–Crippen MR) is 66.1 cm³/mol. The molecular weight excluding hydrogens is 188 g/mol. The number of aryl methyl sites for hydroxylation is 2. The van der Waals surface area contributed by atoms with Gasteiger partial charge in [-0.3, -0.25) is 0 Å². The van der Waals surface area contributed by atoms with E-state index in [1.54, 1.807) is 4.88 Å². The number of hydrogen-bond acceptors (Lipinski definition) is 1. The molecule has 0 aromatic carbocycles. The molecule has 0 aliphatic carbocycles. The molecule has 0 bridgehead atoms. The lowest BCUT2D eigenvalue weighted by Gasteiger charge is -2.00. The molecule has 1 rings (SSSR count). The second kappa shape index (κ2) is 7.05. The molecule has 0 unspecified atom stereocenters. The van der Waals surface area contributed by atoms with Gasteiger partial charge in [-0.2, -0.15) is 0 Å². The van der Waals surface area contributed by atoms with E-state index in [1.165, 1.54) is 50.5 Å². The fourth-order valence-electron chi connectivity index (χ4n) is 1.73. The normalized spacial score (nSPS) is 10.7. The van der Waals surface area contributed by atoms with Crippen molar-refractivity contribution in [3.63, 3.8) is 0 Å². The molecule has 0 spiro atoms. The highest BCUT2D eigenvalue weighted by molar-refractivity contribution is 7.10. The first kappa shape index (κ1) is 11.8. The van der Waals surface area contributed by atoms with Gasteiger partial charge in [-0.25, -0.2) is 0 Å². The van der Waals surface area contributed by atoms with Gasteiger partial charge >= 0.3 is 0 Å². The summed E-state index contributed by atoms with van der Waals surface area (Å²) in [6.07, 6.45) is 9.72. The maximum Gasteiger partial charge on any atom is 0.00743 e. The largest absolute Gasteiger partial charge is 0.149 e. The van der Waals surface area contributed by atoms with Crippen molar-refractivity contribution in [3.05, 3.63) is 21.9 Å². The zero-order valence-electron chi connectivity index (χ0n) is 9.51. The highest BCUT2D eigenvalue weighted by atomic mass is 32.1. The van der Waals surface area contributed by atoms with Crippen molar-refractivity contribution in [3.8, 4) is 0 Å². The Kier molecular flexibility index (Phi) is 5.93. The summed E-state index contributed by atoms with van der Waals surface area (Å²) in [4.78, 5) is 1.60. The molecule has 1 heteroatoms. The molecule has 1 heterocycles. The number of unbranched alkanes of at least 4 members (excludes halogenated alkanes) is 5. The number of hydrogen-bond donors (Lipinski definition) is 0. The molecule has 1 aromatic rings. The Hall–Kier alpha value is -0.300. The summed E-state index contributed by atoms with van der Waals surface area (Å²) in [7, 11) is 0. The van der Waals surface area contributed by atoms with E-state index in [4.69, 9.17) is 0 Å². The standard InChI is InChI=1S/C13H22S/c1-3-4-5-6-7-8-9-13-12(2)10-11-14-13/h10-11H,3-9H2,1-2H3. The lowest BCUT2D eigenvalue weighted by Crippen LogP contribution is -1.84. The Balaban J connectivity index is 2.02. The highest BCUT2D eigenvalue weighted by Gasteiger charge is 1.98. The van der Waals surface area contributed by atoms with Crippen LogP contribution < -0.4 is 0 Å². The average molecular weight is 210 g/mol. The Morgan fingerprint density at radius 1 is 1.07 bits per heavy atom. The molecule has 14 heavy (non-hydrogen) atoms. The molecule has 0 amide bonds. The molecule has 0 radical (unpaired) electrons. The van der Waals surface area contributed by atoms with E-state index in [0.717, 1.165) is 0 Å². The molecular formula is C13H22S. The molecule has 0 atom stereocenters. The Labute approximate surface area is 92.4 Å². The summed E-state index contributed by atoms with van der Waals surface area (Å²) >= 11 is 1.92. The smallest absolute Gasteiger partial charge is 0.00743 e. The van der Waals surface area contributed by atoms with Crippen LogP contribution >= 0.6 is 11.3 Å². The molecule has 0 aliphatic heterocycles. The third-order valence-electron chi connectivity index (χ3n) is 2.73. The van der Waals surface area contributed by atoms with E-state index >= 15 is 0 Å². The van der Waals surface area contributed by atoms with Crippen LogP contribution in [0.15, 0.2) is 11.4 Å². The van der Waals surface area contributed by atoms with Crippen LogP contribution in [0.25, 0.3) is 0 Å². The van der Waals surface area contributed by atoms with E-state index in [-0.39, 0.29) is 0 Å². The van der Waals surface area contributed by atoms with Gasteiger partial charge in [0.1, 0.15) is 0 Å². The van der Waals surface area contributed by atoms with Crippen LogP contribution in [0.5, 0.6) is 0 Å². The zero-order valence-corrected chi connectivity index (χ0v) is 10.3. The summed E-state index contributed by atoms with van der Waals surface area (Å²) in [6, 6.07) is 2.23. The highest BCUT2D eigenvalue weighted by Crippen LogP contribution is 2.18. The first-order valence-corrected chi connectivity index (χ1v) is 6.75. The van der Waals surface area contributed by atoms with E-state index in [2.05, 4.69) is 25.3 Å². The van der Waals surface area contributed by atoms with Gasteiger partial charge < -0.3 is 0 Å². The molecule has 0 fully saturated rings. The van der Waals surface area contributed by atoms with Gasteiger partial charge in [0.2, 0.25) is 0 Å². The SMILES string of the molecule is CCCCCCCCc1sccc1C. The van der Waals surface area contributed by atoms with Crippen molar-refractivity contribution in [2.75, 3.05) is 0 Å². The van der Waals surface area contributed by atoms with Gasteiger partial charge in [0, 0.05) is 4.88 Å². The zero-order chi connectivity index (χ0) is 10.2. The molecule has 80 valence electrons. The van der Waals surface area contributed by atoms with Crippen molar-refractivity contribution in [1.29, 1.82) is 0 Å². The quantitative estimate of drug-likeness (QED) is 0.558. The maximum absolute atomic E-state index is 2.27. The second-order valence-electron chi connectivity index (χ2n) is 4.04. The number of thiophene rings is 1. The van der Waals surface area contributed by atoms with E-state index < -0.39 is 0 Å². The van der Waals surface area contributed by atoms with Crippen LogP contribution in [-0.2, 0) is 6.42 Å². The monoisotopic (exact) mass is 210 g/mol. The maximum atomic E-state index is 2.27.